The van der Waals surface area contributed by atoms with Gasteiger partial charge in [0, 0.05) is 35.1 Å². The molecule has 0 aliphatic carbocycles. The second-order valence-corrected chi connectivity index (χ2v) is 11.5. The molecule has 0 bridgehead atoms. The summed E-state index contributed by atoms with van der Waals surface area (Å²) in [7, 11) is -3.61. The molecule has 2 aliphatic heterocycles. The minimum Gasteiger partial charge on any atom is -0.326 e. The number of nitrogens with zero attached hydrogens (tertiary/aromatic N) is 1. The molecule has 1 saturated heterocycles. The molecule has 0 spiro atoms. The van der Waals surface area contributed by atoms with E-state index >= 15 is 0 Å². The number of anilines is 2. The summed E-state index contributed by atoms with van der Waals surface area (Å²) in [4.78, 5) is 26.0. The first kappa shape index (κ1) is 23.1. The Morgan fingerprint density at radius 1 is 1.12 bits per heavy atom. The number of thioether (sulfide) groups is 1. The summed E-state index contributed by atoms with van der Waals surface area (Å²) >= 11 is 7.27. The first-order valence-electron chi connectivity index (χ1n) is 10.5. The van der Waals surface area contributed by atoms with Crippen LogP contribution in [0.15, 0.2) is 52.3 Å². The highest BCUT2D eigenvalue weighted by Crippen LogP contribution is 2.38. The molecule has 0 aromatic heterocycles. The Labute approximate surface area is 196 Å². The number of carbonyl (C=O) groups excluding carboxylic acids is 2. The van der Waals surface area contributed by atoms with E-state index in [1.807, 2.05) is 6.07 Å². The maximum atomic E-state index is 13.0. The lowest BCUT2D eigenvalue weighted by molar-refractivity contribution is -0.120. The fraction of sp³-hybridized carbons (Fsp3) is 0.364. The van der Waals surface area contributed by atoms with Gasteiger partial charge in [-0.15, -0.1) is 11.8 Å². The number of amides is 2. The van der Waals surface area contributed by atoms with Gasteiger partial charge < -0.3 is 10.6 Å². The summed E-state index contributed by atoms with van der Waals surface area (Å²) in [6.07, 6.45) is 3.73. The van der Waals surface area contributed by atoms with Crippen LogP contribution in [0.1, 0.15) is 32.1 Å². The van der Waals surface area contributed by atoms with Crippen molar-refractivity contribution >= 4 is 56.6 Å². The van der Waals surface area contributed by atoms with E-state index in [4.69, 9.17) is 11.6 Å². The molecule has 0 unspecified atom stereocenters. The first-order valence-corrected chi connectivity index (χ1v) is 13.2. The lowest BCUT2D eigenvalue weighted by atomic mass is 10.2. The summed E-state index contributed by atoms with van der Waals surface area (Å²) < 4.78 is 27.6. The lowest BCUT2D eigenvalue weighted by Gasteiger charge is -2.24. The summed E-state index contributed by atoms with van der Waals surface area (Å²) in [5.74, 6) is -0.628. The van der Waals surface area contributed by atoms with Crippen molar-refractivity contribution in [3.63, 3.8) is 0 Å². The highest BCUT2D eigenvalue weighted by molar-refractivity contribution is 8.01. The zero-order valence-electron chi connectivity index (χ0n) is 17.3. The lowest BCUT2D eigenvalue weighted by Crippen LogP contribution is -2.33. The molecule has 170 valence electrons. The third-order valence-electron chi connectivity index (χ3n) is 5.45. The standard InChI is InChI=1S/C22H24ClN3O4S2/c23-15-8-9-19-18(12-15)25-22(28)20(31-19)14-21(27)24-16-6-5-7-17(13-16)32(29,30)26-10-3-1-2-4-11-26/h5-9,12-13,20H,1-4,10-11,14H2,(H,24,27)(H,25,28)/t20-/m1/s1. The Kier molecular flexibility index (Phi) is 7.09. The van der Waals surface area contributed by atoms with Crippen LogP contribution >= 0.6 is 23.4 Å². The van der Waals surface area contributed by atoms with Gasteiger partial charge in [0.25, 0.3) is 0 Å². The number of nitrogens with one attached hydrogen (secondary N) is 2. The van der Waals surface area contributed by atoms with Gasteiger partial charge >= 0.3 is 0 Å². The van der Waals surface area contributed by atoms with Gasteiger partial charge in [-0.3, -0.25) is 9.59 Å². The van der Waals surface area contributed by atoms with E-state index in [2.05, 4.69) is 10.6 Å². The normalized spacial score (nSPS) is 19.5. The van der Waals surface area contributed by atoms with Gasteiger partial charge in [0.05, 0.1) is 15.8 Å². The molecule has 1 atom stereocenters. The van der Waals surface area contributed by atoms with Crippen LogP contribution in [-0.4, -0.2) is 42.9 Å². The van der Waals surface area contributed by atoms with E-state index in [0.29, 0.717) is 29.5 Å². The Balaban J connectivity index is 1.43. The van der Waals surface area contributed by atoms with Crippen molar-refractivity contribution < 1.29 is 18.0 Å². The van der Waals surface area contributed by atoms with Crippen molar-refractivity contribution in [1.29, 1.82) is 0 Å². The molecule has 4 rings (SSSR count). The molecule has 10 heteroatoms. The molecular weight excluding hydrogens is 470 g/mol. The van der Waals surface area contributed by atoms with Crippen molar-refractivity contribution in [1.82, 2.24) is 4.31 Å². The van der Waals surface area contributed by atoms with Gasteiger partial charge in [-0.2, -0.15) is 4.31 Å². The third kappa shape index (κ3) is 5.28. The van der Waals surface area contributed by atoms with Crippen LogP contribution in [0.3, 0.4) is 0 Å². The number of sulfonamides is 1. The molecule has 2 amide bonds. The van der Waals surface area contributed by atoms with E-state index in [1.54, 1.807) is 30.3 Å². The zero-order chi connectivity index (χ0) is 22.7. The van der Waals surface area contributed by atoms with Crippen molar-refractivity contribution in [2.45, 2.75) is 47.1 Å². The van der Waals surface area contributed by atoms with Crippen LogP contribution in [0.5, 0.6) is 0 Å². The number of benzene rings is 2. The van der Waals surface area contributed by atoms with Gasteiger partial charge in [-0.25, -0.2) is 8.42 Å². The van der Waals surface area contributed by atoms with Gasteiger partial charge in [0.1, 0.15) is 0 Å². The second-order valence-electron chi connectivity index (χ2n) is 7.83. The number of hydrogen-bond donors (Lipinski definition) is 2. The SMILES string of the molecule is O=C(C[C@H]1Sc2ccc(Cl)cc2NC1=O)Nc1cccc(S(=O)(=O)N2CCCCCC2)c1. The molecule has 2 aromatic carbocycles. The van der Waals surface area contributed by atoms with E-state index < -0.39 is 15.3 Å². The van der Waals surface area contributed by atoms with Crippen LogP contribution < -0.4 is 10.6 Å². The van der Waals surface area contributed by atoms with Crippen LogP contribution in [0.2, 0.25) is 5.02 Å². The largest absolute Gasteiger partial charge is 0.326 e. The number of halogens is 1. The van der Waals surface area contributed by atoms with Crippen molar-refractivity contribution in [3.05, 3.63) is 47.5 Å². The molecule has 2 N–H and O–H groups in total. The molecule has 0 saturated carbocycles. The molecule has 7 nitrogen and oxygen atoms in total. The minimum atomic E-state index is -3.61. The Morgan fingerprint density at radius 3 is 2.62 bits per heavy atom. The summed E-state index contributed by atoms with van der Waals surface area (Å²) in [5.41, 5.74) is 1.02. The minimum absolute atomic E-state index is 0.0400. The van der Waals surface area contributed by atoms with Crippen LogP contribution in [0, 0.1) is 0 Å². The molecule has 1 fully saturated rings. The number of hydrogen-bond acceptors (Lipinski definition) is 5. The van der Waals surface area contributed by atoms with Crippen molar-refractivity contribution in [2.75, 3.05) is 23.7 Å². The van der Waals surface area contributed by atoms with E-state index in [-0.39, 0.29) is 23.1 Å². The molecular formula is C22H24ClN3O4S2. The molecule has 2 heterocycles. The number of rotatable bonds is 5. The quantitative estimate of drug-likeness (QED) is 0.645. The Bertz CT molecular complexity index is 1130. The van der Waals surface area contributed by atoms with Gasteiger partial charge in [0.2, 0.25) is 21.8 Å². The molecule has 0 radical (unpaired) electrons. The first-order chi connectivity index (χ1) is 15.3. The maximum absolute atomic E-state index is 13.0. The molecule has 32 heavy (non-hydrogen) atoms. The topological polar surface area (TPSA) is 95.6 Å². The Hall–Kier alpha value is -2.07. The van der Waals surface area contributed by atoms with Gasteiger partial charge in [-0.1, -0.05) is 30.5 Å². The third-order valence-corrected chi connectivity index (χ3v) is 8.86. The molecule has 2 aromatic rings. The Morgan fingerprint density at radius 2 is 1.88 bits per heavy atom. The maximum Gasteiger partial charge on any atom is 0.243 e. The fourth-order valence-electron chi connectivity index (χ4n) is 3.80. The average Bonchev–Trinajstić information content (AvgIpc) is 3.05. The fourth-order valence-corrected chi connectivity index (χ4v) is 6.63. The molecule has 2 aliphatic rings. The smallest absolute Gasteiger partial charge is 0.243 e. The predicted octanol–water partition coefficient (Wildman–Crippen LogP) is 4.35. The highest BCUT2D eigenvalue weighted by Gasteiger charge is 2.30. The average molecular weight is 494 g/mol. The summed E-state index contributed by atoms with van der Waals surface area (Å²) in [6.45, 7) is 1.03. The van der Waals surface area contributed by atoms with E-state index in [9.17, 15) is 18.0 Å². The van der Waals surface area contributed by atoms with Crippen molar-refractivity contribution in [3.8, 4) is 0 Å². The van der Waals surface area contributed by atoms with Crippen LogP contribution in [-0.2, 0) is 19.6 Å². The van der Waals surface area contributed by atoms with E-state index in [0.717, 1.165) is 30.6 Å². The number of carbonyl (C=O) groups is 2. The zero-order valence-corrected chi connectivity index (χ0v) is 19.7. The van der Waals surface area contributed by atoms with Crippen LogP contribution in [0.4, 0.5) is 11.4 Å². The van der Waals surface area contributed by atoms with Gasteiger partial charge in [-0.05, 0) is 49.2 Å². The summed E-state index contributed by atoms with van der Waals surface area (Å²) in [6, 6.07) is 11.5. The van der Waals surface area contributed by atoms with Crippen LogP contribution in [0.25, 0.3) is 0 Å². The predicted molar refractivity (Wildman–Crippen MR) is 127 cm³/mol. The summed E-state index contributed by atoms with van der Waals surface area (Å²) in [5, 5.41) is 5.45. The highest BCUT2D eigenvalue weighted by atomic mass is 35.5. The number of fused-ring (bicyclic) bond motifs is 1. The second kappa shape index (κ2) is 9.82. The van der Waals surface area contributed by atoms with Gasteiger partial charge in [0.15, 0.2) is 0 Å². The van der Waals surface area contributed by atoms with E-state index in [1.165, 1.54) is 22.1 Å². The monoisotopic (exact) mass is 493 g/mol. The van der Waals surface area contributed by atoms with Crippen molar-refractivity contribution in [2.24, 2.45) is 0 Å².